The number of halogens is 4. The molecule has 0 unspecified atom stereocenters. The summed E-state index contributed by atoms with van der Waals surface area (Å²) in [6, 6.07) is 6.41. The monoisotopic (exact) mass is 429 g/mol. The van der Waals surface area contributed by atoms with Crippen LogP contribution in [0.1, 0.15) is 24.1 Å². The number of carbonyl (C=O) groups excluding carboxylic acids is 1. The fourth-order valence-electron chi connectivity index (χ4n) is 2.87. The number of aromatic nitrogens is 2. The molecule has 0 atom stereocenters. The lowest BCUT2D eigenvalue weighted by Crippen LogP contribution is -2.23. The largest absolute Gasteiger partial charge is 0.465 e. The molecule has 6 nitrogen and oxygen atoms in total. The van der Waals surface area contributed by atoms with E-state index in [1.54, 1.807) is 18.2 Å². The fraction of sp³-hybridized carbons (Fsp3) is 0.421. The minimum absolute atomic E-state index is 0.162. The summed E-state index contributed by atoms with van der Waals surface area (Å²) in [5.41, 5.74) is -1.08. The number of rotatable bonds is 6. The molecule has 0 amide bonds. The van der Waals surface area contributed by atoms with Gasteiger partial charge in [-0.25, -0.2) is 9.97 Å². The molecule has 1 saturated heterocycles. The molecule has 0 saturated carbocycles. The number of hydrogen-bond acceptors (Lipinski definition) is 6. The Balaban J connectivity index is 1.69. The third kappa shape index (κ3) is 6.30. The van der Waals surface area contributed by atoms with Crippen LogP contribution in [0.5, 0.6) is 0 Å². The van der Waals surface area contributed by atoms with Crippen molar-refractivity contribution < 1.29 is 27.4 Å². The van der Waals surface area contributed by atoms with Crippen molar-refractivity contribution in [1.82, 2.24) is 9.97 Å². The highest BCUT2D eigenvalue weighted by Gasteiger charge is 2.36. The van der Waals surface area contributed by atoms with Crippen molar-refractivity contribution in [2.24, 2.45) is 5.92 Å². The molecule has 29 heavy (non-hydrogen) atoms. The summed E-state index contributed by atoms with van der Waals surface area (Å²) in [6.07, 6.45) is -2.81. The predicted octanol–water partition coefficient (Wildman–Crippen LogP) is 4.40. The smallest absolute Gasteiger partial charge is 0.433 e. The van der Waals surface area contributed by atoms with E-state index < -0.39 is 24.3 Å². The number of ether oxygens (including phenoxy) is 2. The Hall–Kier alpha value is -2.39. The first-order valence-corrected chi connectivity index (χ1v) is 9.38. The first-order valence-electron chi connectivity index (χ1n) is 9.00. The summed E-state index contributed by atoms with van der Waals surface area (Å²) in [5.74, 6) is -0.838. The van der Waals surface area contributed by atoms with Gasteiger partial charge in [0.15, 0.2) is 5.69 Å². The lowest BCUT2D eigenvalue weighted by molar-refractivity contribution is -0.146. The van der Waals surface area contributed by atoms with Crippen molar-refractivity contribution in [3.63, 3.8) is 0 Å². The van der Waals surface area contributed by atoms with Crippen molar-refractivity contribution in [2.75, 3.05) is 25.1 Å². The molecule has 0 spiro atoms. The first-order chi connectivity index (χ1) is 13.8. The summed E-state index contributed by atoms with van der Waals surface area (Å²) in [5, 5.41) is 3.08. The molecule has 0 aliphatic carbocycles. The topological polar surface area (TPSA) is 73.3 Å². The highest BCUT2D eigenvalue weighted by molar-refractivity contribution is 6.30. The van der Waals surface area contributed by atoms with Crippen LogP contribution in [0.15, 0.2) is 30.5 Å². The van der Waals surface area contributed by atoms with Gasteiger partial charge in [0.05, 0.1) is 13.0 Å². The Morgan fingerprint density at radius 3 is 2.76 bits per heavy atom. The van der Waals surface area contributed by atoms with E-state index >= 15 is 0 Å². The fourth-order valence-corrected chi connectivity index (χ4v) is 3.06. The molecule has 1 aromatic heterocycles. The van der Waals surface area contributed by atoms with Crippen LogP contribution >= 0.6 is 11.6 Å². The van der Waals surface area contributed by atoms with Gasteiger partial charge < -0.3 is 14.8 Å². The maximum Gasteiger partial charge on any atom is 0.433 e. The number of benzene rings is 1. The van der Waals surface area contributed by atoms with Crippen LogP contribution in [0.2, 0.25) is 5.02 Å². The molecule has 0 radical (unpaired) electrons. The van der Waals surface area contributed by atoms with Gasteiger partial charge in [0.2, 0.25) is 5.95 Å². The molecule has 2 heterocycles. The molecule has 1 fully saturated rings. The maximum atomic E-state index is 13.5. The number of nitrogens with zero attached hydrogens (tertiary/aromatic N) is 2. The zero-order chi connectivity index (χ0) is 20.9. The van der Waals surface area contributed by atoms with E-state index in [-0.39, 0.29) is 24.0 Å². The number of carbonyl (C=O) groups is 1. The number of nitrogens with one attached hydrogen (secondary N) is 1. The van der Waals surface area contributed by atoms with Crippen LogP contribution in [0.3, 0.4) is 0 Å². The van der Waals surface area contributed by atoms with E-state index in [4.69, 9.17) is 21.1 Å². The number of esters is 1. The molecule has 156 valence electrons. The van der Waals surface area contributed by atoms with Gasteiger partial charge in [-0.3, -0.25) is 4.79 Å². The highest BCUT2D eigenvalue weighted by Crippen LogP contribution is 2.32. The van der Waals surface area contributed by atoms with Crippen molar-refractivity contribution in [2.45, 2.75) is 25.4 Å². The predicted molar refractivity (Wildman–Crippen MR) is 100.0 cm³/mol. The standard InChI is InChI=1S/C19H19ClF3N3O3/c20-14-2-1-3-15(9-14)25-18-24-10-13(17(26-18)19(21,22)23)8-16(27)29-11-12-4-6-28-7-5-12/h1-3,9-10,12H,4-8,11H2,(H,24,25,26). The average Bonchev–Trinajstić information content (AvgIpc) is 2.68. The zero-order valence-electron chi connectivity index (χ0n) is 15.3. The van der Waals surface area contributed by atoms with Gasteiger partial charge in [0, 0.05) is 35.7 Å². The number of hydrogen-bond donors (Lipinski definition) is 1. The summed E-state index contributed by atoms with van der Waals surface area (Å²) >= 11 is 5.86. The van der Waals surface area contributed by atoms with Crippen molar-refractivity contribution in [3.05, 3.63) is 46.7 Å². The van der Waals surface area contributed by atoms with E-state index in [0.29, 0.717) is 23.9 Å². The summed E-state index contributed by atoms with van der Waals surface area (Å²) in [4.78, 5) is 19.5. The van der Waals surface area contributed by atoms with Crippen LogP contribution in [0.25, 0.3) is 0 Å². The molecule has 3 rings (SSSR count). The third-order valence-electron chi connectivity index (χ3n) is 4.37. The van der Waals surface area contributed by atoms with E-state index in [2.05, 4.69) is 15.3 Å². The van der Waals surface area contributed by atoms with Gasteiger partial charge in [-0.2, -0.15) is 13.2 Å². The molecule has 1 aliphatic rings. The van der Waals surface area contributed by atoms with Gasteiger partial charge in [0.1, 0.15) is 0 Å². The lowest BCUT2D eigenvalue weighted by atomic mass is 10.0. The van der Waals surface area contributed by atoms with Crippen LogP contribution in [-0.2, 0) is 26.9 Å². The van der Waals surface area contributed by atoms with Crippen molar-refractivity contribution in [1.29, 1.82) is 0 Å². The van der Waals surface area contributed by atoms with E-state index in [9.17, 15) is 18.0 Å². The molecule has 1 aliphatic heterocycles. The second-order valence-corrected chi connectivity index (χ2v) is 7.05. The van der Waals surface area contributed by atoms with E-state index in [1.165, 1.54) is 6.07 Å². The van der Waals surface area contributed by atoms with Crippen molar-refractivity contribution >= 4 is 29.2 Å². The molecule has 10 heteroatoms. The Bertz CT molecular complexity index is 858. The molecule has 0 bridgehead atoms. The summed E-state index contributed by atoms with van der Waals surface area (Å²) in [6.45, 7) is 1.35. The number of alkyl halides is 3. The van der Waals surface area contributed by atoms with Gasteiger partial charge in [-0.05, 0) is 37.0 Å². The molecular weight excluding hydrogens is 411 g/mol. The minimum Gasteiger partial charge on any atom is -0.465 e. The van der Waals surface area contributed by atoms with Crippen LogP contribution in [0.4, 0.5) is 24.8 Å². The Kier molecular flexibility index (Phi) is 6.92. The van der Waals surface area contributed by atoms with Crippen LogP contribution in [-0.4, -0.2) is 35.8 Å². The van der Waals surface area contributed by atoms with E-state index in [0.717, 1.165) is 19.0 Å². The van der Waals surface area contributed by atoms with Gasteiger partial charge >= 0.3 is 12.1 Å². The van der Waals surface area contributed by atoms with Crippen LogP contribution in [0, 0.1) is 5.92 Å². The maximum absolute atomic E-state index is 13.5. The molecule has 1 aromatic carbocycles. The molecular formula is C19H19ClF3N3O3. The van der Waals surface area contributed by atoms with E-state index in [1.807, 2.05) is 0 Å². The normalized spacial score (nSPS) is 15.2. The van der Waals surface area contributed by atoms with Gasteiger partial charge in [-0.15, -0.1) is 0 Å². The second kappa shape index (κ2) is 9.41. The quantitative estimate of drug-likeness (QED) is 0.686. The Labute approximate surface area is 170 Å². The zero-order valence-corrected chi connectivity index (χ0v) is 16.1. The Morgan fingerprint density at radius 2 is 2.07 bits per heavy atom. The third-order valence-corrected chi connectivity index (χ3v) is 4.60. The minimum atomic E-state index is -4.75. The van der Waals surface area contributed by atoms with Crippen LogP contribution < -0.4 is 5.32 Å². The lowest BCUT2D eigenvalue weighted by Gasteiger charge is -2.21. The molecule has 2 aromatic rings. The molecule has 1 N–H and O–H groups in total. The Morgan fingerprint density at radius 1 is 1.31 bits per heavy atom. The SMILES string of the molecule is O=C(Cc1cnc(Nc2cccc(Cl)c2)nc1C(F)(F)F)OCC1CCOCC1. The summed E-state index contributed by atoms with van der Waals surface area (Å²) < 4.78 is 50.7. The summed E-state index contributed by atoms with van der Waals surface area (Å²) in [7, 11) is 0. The van der Waals surface area contributed by atoms with Gasteiger partial charge in [-0.1, -0.05) is 17.7 Å². The average molecular weight is 430 g/mol. The van der Waals surface area contributed by atoms with Crippen molar-refractivity contribution in [3.8, 4) is 0 Å². The first kappa shape index (κ1) is 21.3. The number of anilines is 2. The second-order valence-electron chi connectivity index (χ2n) is 6.62. The van der Waals surface area contributed by atoms with Gasteiger partial charge in [0.25, 0.3) is 0 Å². The highest BCUT2D eigenvalue weighted by atomic mass is 35.5.